The zero-order chi connectivity index (χ0) is 22.5. The summed E-state index contributed by atoms with van der Waals surface area (Å²) in [4.78, 5) is 35.6. The topological polar surface area (TPSA) is 109 Å². The highest BCUT2D eigenvalue weighted by Gasteiger charge is 2.08. The van der Waals surface area contributed by atoms with Crippen LogP contribution < -0.4 is 26.2 Å². The minimum absolute atomic E-state index is 0.0289. The molecule has 0 aliphatic carbocycles. The fraction of sp³-hybridized carbons (Fsp3) is 0.182. The van der Waals surface area contributed by atoms with Gasteiger partial charge in [-0.2, -0.15) is 0 Å². The number of amides is 3. The second-order valence-electron chi connectivity index (χ2n) is 6.33. The van der Waals surface area contributed by atoms with E-state index in [-0.39, 0.29) is 23.9 Å². The molecule has 0 radical (unpaired) electrons. The molecule has 0 spiro atoms. The van der Waals surface area contributed by atoms with Gasteiger partial charge in [0.2, 0.25) is 17.7 Å². The third kappa shape index (κ3) is 9.09. The first-order valence-electron chi connectivity index (χ1n) is 9.49. The van der Waals surface area contributed by atoms with Gasteiger partial charge >= 0.3 is 0 Å². The molecule has 162 valence electrons. The van der Waals surface area contributed by atoms with Gasteiger partial charge in [-0.25, -0.2) is 0 Å². The maximum atomic E-state index is 11.9. The van der Waals surface area contributed by atoms with E-state index in [9.17, 15) is 14.4 Å². The van der Waals surface area contributed by atoms with Gasteiger partial charge in [-0.1, -0.05) is 48.5 Å². The molecule has 31 heavy (non-hydrogen) atoms. The SMILES string of the molecule is COc1ccccc1C=CC(=O)NC(=S)NNC(=O)CCC(=O)NCc1ccccc1. The van der Waals surface area contributed by atoms with Crippen LogP contribution in [0.1, 0.15) is 24.0 Å². The summed E-state index contributed by atoms with van der Waals surface area (Å²) < 4.78 is 5.20. The van der Waals surface area contributed by atoms with E-state index in [1.807, 2.05) is 42.5 Å². The Labute approximate surface area is 186 Å². The highest BCUT2D eigenvalue weighted by molar-refractivity contribution is 7.80. The lowest BCUT2D eigenvalue weighted by Gasteiger charge is -2.10. The van der Waals surface area contributed by atoms with Crippen molar-refractivity contribution in [3.8, 4) is 5.75 Å². The van der Waals surface area contributed by atoms with Crippen LogP contribution in [0.2, 0.25) is 0 Å². The number of hydrogen-bond donors (Lipinski definition) is 4. The Bertz CT molecular complexity index is 948. The summed E-state index contributed by atoms with van der Waals surface area (Å²) in [6.07, 6.45) is 2.88. The summed E-state index contributed by atoms with van der Waals surface area (Å²) >= 11 is 4.96. The highest BCUT2D eigenvalue weighted by atomic mass is 32.1. The van der Waals surface area contributed by atoms with Gasteiger partial charge < -0.3 is 10.1 Å². The molecule has 0 heterocycles. The van der Waals surface area contributed by atoms with Gasteiger partial charge in [0.15, 0.2) is 5.11 Å². The predicted octanol–water partition coefficient (Wildman–Crippen LogP) is 1.83. The molecular formula is C22H24N4O4S. The molecule has 2 aromatic carbocycles. The first-order chi connectivity index (χ1) is 15.0. The Hall–Kier alpha value is -3.72. The minimum atomic E-state index is -0.474. The molecule has 2 aromatic rings. The molecule has 8 nitrogen and oxygen atoms in total. The number of methoxy groups -OCH3 is 1. The van der Waals surface area contributed by atoms with E-state index in [4.69, 9.17) is 17.0 Å². The molecule has 0 atom stereocenters. The van der Waals surface area contributed by atoms with Crippen molar-refractivity contribution >= 4 is 41.1 Å². The van der Waals surface area contributed by atoms with Gasteiger partial charge in [-0.05, 0) is 29.9 Å². The highest BCUT2D eigenvalue weighted by Crippen LogP contribution is 2.18. The largest absolute Gasteiger partial charge is 0.496 e. The first-order valence-corrected chi connectivity index (χ1v) is 9.90. The second-order valence-corrected chi connectivity index (χ2v) is 6.74. The number of para-hydroxylation sites is 1. The third-order valence-electron chi connectivity index (χ3n) is 4.02. The van der Waals surface area contributed by atoms with Crippen molar-refractivity contribution in [3.63, 3.8) is 0 Å². The number of hydrazine groups is 1. The summed E-state index contributed by atoms with van der Waals surface area (Å²) in [6, 6.07) is 16.7. The van der Waals surface area contributed by atoms with E-state index in [0.717, 1.165) is 11.1 Å². The van der Waals surface area contributed by atoms with Crippen LogP contribution in [0.25, 0.3) is 6.08 Å². The number of benzene rings is 2. The van der Waals surface area contributed by atoms with Crippen molar-refractivity contribution in [3.05, 3.63) is 71.8 Å². The second kappa shape index (κ2) is 12.8. The Morgan fingerprint density at radius 2 is 1.61 bits per heavy atom. The zero-order valence-corrected chi connectivity index (χ0v) is 17.8. The Kier molecular flexibility index (Phi) is 9.70. The molecule has 9 heteroatoms. The van der Waals surface area contributed by atoms with E-state index in [2.05, 4.69) is 21.5 Å². The average Bonchev–Trinajstić information content (AvgIpc) is 2.79. The smallest absolute Gasteiger partial charge is 0.250 e. The maximum Gasteiger partial charge on any atom is 0.250 e. The van der Waals surface area contributed by atoms with E-state index in [0.29, 0.717) is 12.3 Å². The van der Waals surface area contributed by atoms with E-state index < -0.39 is 11.8 Å². The number of thiocarbonyl (C=S) groups is 1. The van der Waals surface area contributed by atoms with Gasteiger partial charge in [0, 0.05) is 31.0 Å². The molecule has 0 aromatic heterocycles. The molecule has 3 amide bonds. The third-order valence-corrected chi connectivity index (χ3v) is 4.22. The summed E-state index contributed by atoms with van der Waals surface area (Å²) in [6.45, 7) is 0.401. The molecule has 2 rings (SSSR count). The number of ether oxygens (including phenoxy) is 1. The summed E-state index contributed by atoms with van der Waals surface area (Å²) in [5.41, 5.74) is 6.47. The van der Waals surface area contributed by atoms with Crippen molar-refractivity contribution in [2.45, 2.75) is 19.4 Å². The van der Waals surface area contributed by atoms with Gasteiger partial charge in [0.25, 0.3) is 0 Å². The predicted molar refractivity (Wildman–Crippen MR) is 122 cm³/mol. The number of rotatable bonds is 8. The van der Waals surface area contributed by atoms with E-state index in [1.54, 1.807) is 25.3 Å². The van der Waals surface area contributed by atoms with Crippen molar-refractivity contribution < 1.29 is 19.1 Å². The number of nitrogens with one attached hydrogen (secondary N) is 4. The number of hydrogen-bond acceptors (Lipinski definition) is 5. The van der Waals surface area contributed by atoms with Gasteiger partial charge in [0.05, 0.1) is 7.11 Å². The fourth-order valence-electron chi connectivity index (χ4n) is 2.46. The molecule has 0 unspecified atom stereocenters. The standard InChI is InChI=1S/C22H24N4O4S/c1-30-18-10-6-5-9-17(18)11-12-20(28)24-22(31)26-25-21(29)14-13-19(27)23-15-16-7-3-2-4-8-16/h2-12H,13-15H2,1H3,(H,23,27)(H,25,29)(H2,24,26,28,31). The quantitative estimate of drug-likeness (QED) is 0.283. The lowest BCUT2D eigenvalue weighted by Crippen LogP contribution is -2.48. The average molecular weight is 441 g/mol. The van der Waals surface area contributed by atoms with Crippen LogP contribution in [-0.2, 0) is 20.9 Å². The number of carbonyl (C=O) groups is 3. The molecule has 0 bridgehead atoms. The summed E-state index contributed by atoms with van der Waals surface area (Å²) in [7, 11) is 1.54. The Balaban J connectivity index is 1.64. The lowest BCUT2D eigenvalue weighted by atomic mass is 10.2. The molecule has 0 fully saturated rings. The van der Waals surface area contributed by atoms with Crippen LogP contribution >= 0.6 is 12.2 Å². The molecule has 0 saturated heterocycles. The van der Waals surface area contributed by atoms with Gasteiger partial charge in [-0.3, -0.25) is 30.6 Å². The molecular weight excluding hydrogens is 416 g/mol. The van der Waals surface area contributed by atoms with Crippen LogP contribution in [0.5, 0.6) is 5.75 Å². The molecule has 4 N–H and O–H groups in total. The minimum Gasteiger partial charge on any atom is -0.496 e. The molecule has 0 aliphatic heterocycles. The molecule has 0 aliphatic rings. The normalized spacial score (nSPS) is 10.2. The van der Waals surface area contributed by atoms with Crippen LogP contribution in [0.3, 0.4) is 0 Å². The molecule has 0 saturated carbocycles. The van der Waals surface area contributed by atoms with Crippen LogP contribution in [0.15, 0.2) is 60.7 Å². The summed E-state index contributed by atoms with van der Waals surface area (Å²) in [5, 5.41) is 5.08. The number of carbonyl (C=O) groups excluding carboxylic acids is 3. The van der Waals surface area contributed by atoms with Crippen molar-refractivity contribution in [2.24, 2.45) is 0 Å². The van der Waals surface area contributed by atoms with Crippen molar-refractivity contribution in [1.29, 1.82) is 0 Å². The van der Waals surface area contributed by atoms with Gasteiger partial charge in [-0.15, -0.1) is 0 Å². The summed E-state index contributed by atoms with van der Waals surface area (Å²) in [5.74, 6) is -0.516. The lowest BCUT2D eigenvalue weighted by molar-refractivity contribution is -0.126. The van der Waals surface area contributed by atoms with Crippen molar-refractivity contribution in [1.82, 2.24) is 21.5 Å². The monoisotopic (exact) mass is 440 g/mol. The van der Waals surface area contributed by atoms with Crippen molar-refractivity contribution in [2.75, 3.05) is 7.11 Å². The van der Waals surface area contributed by atoms with E-state index >= 15 is 0 Å². The van der Waals surface area contributed by atoms with E-state index in [1.165, 1.54) is 6.08 Å². The fourth-order valence-corrected chi connectivity index (χ4v) is 2.61. The van der Waals surface area contributed by atoms with Gasteiger partial charge in [0.1, 0.15) is 5.75 Å². The van der Waals surface area contributed by atoms with Crippen LogP contribution in [0.4, 0.5) is 0 Å². The first kappa shape index (κ1) is 23.6. The maximum absolute atomic E-state index is 11.9. The Morgan fingerprint density at radius 3 is 2.35 bits per heavy atom. The Morgan fingerprint density at radius 1 is 0.935 bits per heavy atom. The zero-order valence-electron chi connectivity index (χ0n) is 17.0. The van der Waals surface area contributed by atoms with Crippen LogP contribution in [-0.4, -0.2) is 29.9 Å². The van der Waals surface area contributed by atoms with Crippen LogP contribution in [0, 0.1) is 0 Å².